The second kappa shape index (κ2) is 4.82. The molecule has 3 rings (SSSR count). The Labute approximate surface area is 110 Å². The number of nitrogens with one attached hydrogen (secondary N) is 1. The van der Waals surface area contributed by atoms with Crippen LogP contribution in [0.15, 0.2) is 42.0 Å². The first kappa shape index (κ1) is 11.3. The van der Waals surface area contributed by atoms with Gasteiger partial charge in [-0.1, -0.05) is 0 Å². The second-order valence-electron chi connectivity index (χ2n) is 4.16. The monoisotopic (exact) mass is 257 g/mol. The van der Waals surface area contributed by atoms with Gasteiger partial charge in [-0.2, -0.15) is 0 Å². The summed E-state index contributed by atoms with van der Waals surface area (Å²) in [4.78, 5) is 4.36. The van der Waals surface area contributed by atoms with Crippen LogP contribution >= 0.6 is 11.3 Å². The Morgan fingerprint density at radius 1 is 1.33 bits per heavy atom. The standard InChI is InChI=1S/C14H15N3S/c1-2-17-7-6-15-14(17)10-16-12-3-4-13-11(9-12)5-8-18-13/h3-9,16H,2,10H2,1H3. The van der Waals surface area contributed by atoms with Crippen molar-refractivity contribution >= 4 is 27.1 Å². The van der Waals surface area contributed by atoms with Gasteiger partial charge in [-0.15, -0.1) is 11.3 Å². The van der Waals surface area contributed by atoms with Crippen molar-refractivity contribution in [2.24, 2.45) is 0 Å². The van der Waals surface area contributed by atoms with Gasteiger partial charge in [0.1, 0.15) is 5.82 Å². The van der Waals surface area contributed by atoms with E-state index >= 15 is 0 Å². The Balaban J connectivity index is 1.76. The predicted octanol–water partition coefficient (Wildman–Crippen LogP) is 3.73. The molecule has 0 saturated carbocycles. The highest BCUT2D eigenvalue weighted by atomic mass is 32.1. The van der Waals surface area contributed by atoms with E-state index in [-0.39, 0.29) is 0 Å². The molecule has 0 amide bonds. The van der Waals surface area contributed by atoms with Gasteiger partial charge in [0.15, 0.2) is 0 Å². The minimum atomic E-state index is 0.760. The number of fused-ring (bicyclic) bond motifs is 1. The molecule has 0 radical (unpaired) electrons. The van der Waals surface area contributed by atoms with Crippen LogP contribution < -0.4 is 5.32 Å². The lowest BCUT2D eigenvalue weighted by atomic mass is 10.2. The molecule has 0 spiro atoms. The average Bonchev–Trinajstić information content (AvgIpc) is 3.04. The average molecular weight is 257 g/mol. The van der Waals surface area contributed by atoms with Crippen molar-refractivity contribution in [2.45, 2.75) is 20.0 Å². The van der Waals surface area contributed by atoms with E-state index in [2.05, 4.69) is 51.4 Å². The summed E-state index contributed by atoms with van der Waals surface area (Å²) < 4.78 is 3.48. The van der Waals surface area contributed by atoms with Crippen LogP contribution in [0.4, 0.5) is 5.69 Å². The molecule has 0 saturated heterocycles. The number of aromatic nitrogens is 2. The lowest BCUT2D eigenvalue weighted by Gasteiger charge is -2.08. The highest BCUT2D eigenvalue weighted by Gasteiger charge is 2.01. The normalized spacial score (nSPS) is 10.9. The maximum atomic E-state index is 4.36. The molecular weight excluding hydrogens is 242 g/mol. The largest absolute Gasteiger partial charge is 0.378 e. The summed E-state index contributed by atoms with van der Waals surface area (Å²) in [5, 5.41) is 6.84. The Bertz CT molecular complexity index is 654. The first-order valence-corrected chi connectivity index (χ1v) is 6.96. The van der Waals surface area contributed by atoms with E-state index in [9.17, 15) is 0 Å². The summed E-state index contributed by atoms with van der Waals surface area (Å²) in [6, 6.07) is 8.62. The molecular formula is C14H15N3S. The Hall–Kier alpha value is -1.81. The highest BCUT2D eigenvalue weighted by Crippen LogP contribution is 2.24. The van der Waals surface area contributed by atoms with Crippen molar-refractivity contribution in [2.75, 3.05) is 5.32 Å². The summed E-state index contributed by atoms with van der Waals surface area (Å²) >= 11 is 1.77. The van der Waals surface area contributed by atoms with E-state index in [1.54, 1.807) is 11.3 Å². The maximum absolute atomic E-state index is 4.36. The smallest absolute Gasteiger partial charge is 0.128 e. The van der Waals surface area contributed by atoms with Crippen LogP contribution in [-0.4, -0.2) is 9.55 Å². The molecule has 0 unspecified atom stereocenters. The summed E-state index contributed by atoms with van der Waals surface area (Å²) in [5.74, 6) is 1.07. The van der Waals surface area contributed by atoms with Crippen LogP contribution in [0.2, 0.25) is 0 Å². The molecule has 4 heteroatoms. The third kappa shape index (κ3) is 2.11. The van der Waals surface area contributed by atoms with Gasteiger partial charge < -0.3 is 9.88 Å². The lowest BCUT2D eigenvalue weighted by Crippen LogP contribution is -2.07. The van der Waals surface area contributed by atoms with E-state index in [1.807, 2.05) is 12.4 Å². The summed E-state index contributed by atoms with van der Waals surface area (Å²) in [5.41, 5.74) is 1.14. The third-order valence-corrected chi connectivity index (χ3v) is 3.94. The van der Waals surface area contributed by atoms with Crippen molar-refractivity contribution in [1.29, 1.82) is 0 Å². The first-order valence-electron chi connectivity index (χ1n) is 6.08. The number of rotatable bonds is 4. The summed E-state index contributed by atoms with van der Waals surface area (Å²) in [7, 11) is 0. The molecule has 2 aromatic heterocycles. The predicted molar refractivity (Wildman–Crippen MR) is 77.1 cm³/mol. The number of thiophene rings is 1. The Morgan fingerprint density at radius 3 is 3.17 bits per heavy atom. The Morgan fingerprint density at radius 2 is 2.28 bits per heavy atom. The minimum absolute atomic E-state index is 0.760. The van der Waals surface area contributed by atoms with E-state index in [0.717, 1.165) is 24.6 Å². The summed E-state index contributed by atoms with van der Waals surface area (Å²) in [6.07, 6.45) is 3.86. The highest BCUT2D eigenvalue weighted by molar-refractivity contribution is 7.17. The SMILES string of the molecule is CCn1ccnc1CNc1ccc2sccc2c1. The fourth-order valence-electron chi connectivity index (χ4n) is 2.05. The lowest BCUT2D eigenvalue weighted by molar-refractivity contribution is 0.708. The van der Waals surface area contributed by atoms with Crippen molar-refractivity contribution < 1.29 is 0 Å². The second-order valence-corrected chi connectivity index (χ2v) is 5.10. The molecule has 18 heavy (non-hydrogen) atoms. The molecule has 0 aliphatic carbocycles. The fraction of sp³-hybridized carbons (Fsp3) is 0.214. The van der Waals surface area contributed by atoms with Crippen LogP contribution in [0.5, 0.6) is 0 Å². The third-order valence-electron chi connectivity index (χ3n) is 3.05. The molecule has 0 bridgehead atoms. The van der Waals surface area contributed by atoms with Crippen molar-refractivity contribution in [3.63, 3.8) is 0 Å². The molecule has 0 aliphatic heterocycles. The molecule has 0 fully saturated rings. The minimum Gasteiger partial charge on any atom is -0.378 e. The van der Waals surface area contributed by atoms with E-state index in [1.165, 1.54) is 10.1 Å². The van der Waals surface area contributed by atoms with E-state index in [0.29, 0.717) is 0 Å². The molecule has 0 aliphatic rings. The number of hydrogen-bond acceptors (Lipinski definition) is 3. The quantitative estimate of drug-likeness (QED) is 0.771. The fourth-order valence-corrected chi connectivity index (χ4v) is 2.82. The van der Waals surface area contributed by atoms with Gasteiger partial charge in [0.2, 0.25) is 0 Å². The van der Waals surface area contributed by atoms with Crippen molar-refractivity contribution in [3.05, 3.63) is 47.9 Å². The molecule has 92 valence electrons. The van der Waals surface area contributed by atoms with Gasteiger partial charge in [-0.3, -0.25) is 0 Å². The van der Waals surface area contributed by atoms with Gasteiger partial charge in [0.05, 0.1) is 6.54 Å². The Kier molecular flexibility index (Phi) is 3.02. The molecule has 1 N–H and O–H groups in total. The number of benzene rings is 1. The van der Waals surface area contributed by atoms with Gasteiger partial charge >= 0.3 is 0 Å². The number of aryl methyl sites for hydroxylation is 1. The zero-order chi connectivity index (χ0) is 12.4. The first-order chi connectivity index (χ1) is 8.86. The van der Waals surface area contributed by atoms with Crippen LogP contribution in [0, 0.1) is 0 Å². The van der Waals surface area contributed by atoms with Crippen LogP contribution in [0.25, 0.3) is 10.1 Å². The number of imidazole rings is 1. The molecule has 0 atom stereocenters. The van der Waals surface area contributed by atoms with E-state index in [4.69, 9.17) is 0 Å². The number of nitrogens with zero attached hydrogens (tertiary/aromatic N) is 2. The van der Waals surface area contributed by atoms with E-state index < -0.39 is 0 Å². The van der Waals surface area contributed by atoms with Gasteiger partial charge in [-0.05, 0) is 42.0 Å². The van der Waals surface area contributed by atoms with Crippen molar-refractivity contribution in [1.82, 2.24) is 9.55 Å². The molecule has 3 nitrogen and oxygen atoms in total. The molecule has 1 aromatic carbocycles. The molecule has 3 aromatic rings. The van der Waals surface area contributed by atoms with Crippen LogP contribution in [-0.2, 0) is 13.1 Å². The number of hydrogen-bond donors (Lipinski definition) is 1. The maximum Gasteiger partial charge on any atom is 0.128 e. The molecule has 2 heterocycles. The zero-order valence-corrected chi connectivity index (χ0v) is 11.1. The summed E-state index contributed by atoms with van der Waals surface area (Å²) in [6.45, 7) is 3.85. The van der Waals surface area contributed by atoms with Crippen molar-refractivity contribution in [3.8, 4) is 0 Å². The van der Waals surface area contributed by atoms with Crippen LogP contribution in [0.1, 0.15) is 12.7 Å². The topological polar surface area (TPSA) is 29.9 Å². The zero-order valence-electron chi connectivity index (χ0n) is 10.3. The number of anilines is 1. The van der Waals surface area contributed by atoms with Gasteiger partial charge in [0.25, 0.3) is 0 Å². The van der Waals surface area contributed by atoms with Crippen LogP contribution in [0.3, 0.4) is 0 Å². The van der Waals surface area contributed by atoms with Gasteiger partial charge in [0, 0.05) is 29.3 Å². The van der Waals surface area contributed by atoms with Gasteiger partial charge in [-0.25, -0.2) is 4.98 Å².